The van der Waals surface area contributed by atoms with Crippen LogP contribution in [0, 0.1) is 0 Å². The average molecular weight is 353 g/mol. The van der Waals surface area contributed by atoms with Gasteiger partial charge in [0.05, 0.1) is 23.0 Å². The SMILES string of the molecule is CN1C(=O)C2(CCN(C(=O)OC(C)(C)C)CC2)c2nc(Cl)ncc21. The molecule has 1 aromatic rings. The van der Waals surface area contributed by atoms with E-state index in [1.54, 1.807) is 23.0 Å². The van der Waals surface area contributed by atoms with Gasteiger partial charge in [0.2, 0.25) is 11.2 Å². The molecule has 0 aromatic carbocycles. The van der Waals surface area contributed by atoms with Crippen LogP contribution < -0.4 is 4.90 Å². The highest BCUT2D eigenvalue weighted by atomic mass is 35.5. The van der Waals surface area contributed by atoms with Gasteiger partial charge in [-0.3, -0.25) is 4.79 Å². The maximum atomic E-state index is 12.8. The highest BCUT2D eigenvalue weighted by Crippen LogP contribution is 2.46. The van der Waals surface area contributed by atoms with Crippen molar-refractivity contribution in [2.75, 3.05) is 25.0 Å². The number of amides is 2. The van der Waals surface area contributed by atoms with Crippen LogP contribution in [0.3, 0.4) is 0 Å². The molecule has 1 saturated heterocycles. The minimum atomic E-state index is -0.727. The van der Waals surface area contributed by atoms with Crippen molar-refractivity contribution in [2.24, 2.45) is 0 Å². The van der Waals surface area contributed by atoms with E-state index in [4.69, 9.17) is 16.3 Å². The second kappa shape index (κ2) is 5.58. The van der Waals surface area contributed by atoms with Crippen molar-refractivity contribution < 1.29 is 14.3 Å². The molecule has 3 heterocycles. The zero-order valence-corrected chi connectivity index (χ0v) is 15.1. The number of anilines is 1. The Bertz CT molecular complexity index is 693. The van der Waals surface area contributed by atoms with Gasteiger partial charge in [-0.25, -0.2) is 14.8 Å². The Morgan fingerprint density at radius 3 is 2.54 bits per heavy atom. The number of carbonyl (C=O) groups excluding carboxylic acids is 2. The van der Waals surface area contributed by atoms with Gasteiger partial charge in [0.25, 0.3) is 0 Å². The van der Waals surface area contributed by atoms with Crippen molar-refractivity contribution in [3.63, 3.8) is 0 Å². The molecule has 2 amide bonds. The van der Waals surface area contributed by atoms with Gasteiger partial charge in [-0.2, -0.15) is 0 Å². The predicted octanol–water partition coefficient (Wildman–Crippen LogP) is 2.38. The number of nitrogens with zero attached hydrogens (tertiary/aromatic N) is 4. The molecular weight excluding hydrogens is 332 g/mol. The Balaban J connectivity index is 1.82. The molecule has 0 aliphatic carbocycles. The third-order valence-corrected chi connectivity index (χ3v) is 4.72. The maximum absolute atomic E-state index is 12.8. The number of likely N-dealkylation sites (N-methyl/N-ethyl adjacent to an activating group) is 1. The Kier molecular flexibility index (Phi) is 3.94. The molecule has 2 aliphatic heterocycles. The first kappa shape index (κ1) is 17.0. The zero-order chi connectivity index (χ0) is 17.7. The lowest BCUT2D eigenvalue weighted by atomic mass is 9.76. The largest absolute Gasteiger partial charge is 0.444 e. The minimum Gasteiger partial charge on any atom is -0.444 e. The third kappa shape index (κ3) is 2.70. The van der Waals surface area contributed by atoms with Crippen molar-refractivity contribution in [3.8, 4) is 0 Å². The van der Waals surface area contributed by atoms with E-state index in [0.29, 0.717) is 37.3 Å². The summed E-state index contributed by atoms with van der Waals surface area (Å²) in [4.78, 5) is 36.6. The van der Waals surface area contributed by atoms with Gasteiger partial charge < -0.3 is 14.5 Å². The number of piperidine rings is 1. The summed E-state index contributed by atoms with van der Waals surface area (Å²) in [6.45, 7) is 6.38. The molecule has 0 unspecified atom stereocenters. The molecule has 0 atom stereocenters. The van der Waals surface area contributed by atoms with Crippen LogP contribution in [0.4, 0.5) is 10.5 Å². The van der Waals surface area contributed by atoms with Crippen molar-refractivity contribution in [2.45, 2.75) is 44.6 Å². The smallest absolute Gasteiger partial charge is 0.410 e. The first-order valence-corrected chi connectivity index (χ1v) is 8.31. The van der Waals surface area contributed by atoms with Crippen LogP contribution >= 0.6 is 11.6 Å². The second-order valence-electron chi connectivity index (χ2n) is 7.29. The van der Waals surface area contributed by atoms with Gasteiger partial charge in [-0.15, -0.1) is 0 Å². The van der Waals surface area contributed by atoms with Crippen molar-refractivity contribution in [3.05, 3.63) is 17.2 Å². The normalized spacial score (nSPS) is 19.6. The van der Waals surface area contributed by atoms with Crippen molar-refractivity contribution in [1.82, 2.24) is 14.9 Å². The van der Waals surface area contributed by atoms with E-state index in [0.717, 1.165) is 0 Å². The van der Waals surface area contributed by atoms with Crippen LogP contribution in [0.5, 0.6) is 0 Å². The summed E-state index contributed by atoms with van der Waals surface area (Å²) in [5.74, 6) is -0.0158. The highest BCUT2D eigenvalue weighted by Gasteiger charge is 2.53. The number of hydrogen-bond donors (Lipinski definition) is 0. The Morgan fingerprint density at radius 2 is 1.96 bits per heavy atom. The molecule has 8 heteroatoms. The van der Waals surface area contributed by atoms with E-state index < -0.39 is 11.0 Å². The van der Waals surface area contributed by atoms with E-state index in [-0.39, 0.29) is 17.3 Å². The van der Waals surface area contributed by atoms with Gasteiger partial charge in [0, 0.05) is 20.1 Å². The van der Waals surface area contributed by atoms with E-state index in [1.165, 1.54) is 0 Å². The number of carbonyl (C=O) groups is 2. The quantitative estimate of drug-likeness (QED) is 0.670. The summed E-state index contributed by atoms with van der Waals surface area (Å²) in [6.07, 6.45) is 2.22. The van der Waals surface area contributed by atoms with Gasteiger partial charge in [-0.1, -0.05) is 0 Å². The Labute approximate surface area is 145 Å². The van der Waals surface area contributed by atoms with Crippen LogP contribution in [0.15, 0.2) is 6.20 Å². The van der Waals surface area contributed by atoms with Crippen LogP contribution in [0.2, 0.25) is 5.28 Å². The molecule has 0 radical (unpaired) electrons. The number of hydrogen-bond acceptors (Lipinski definition) is 5. The molecule has 7 nitrogen and oxygen atoms in total. The Morgan fingerprint density at radius 1 is 1.33 bits per heavy atom. The third-order valence-electron chi connectivity index (χ3n) is 4.54. The number of halogens is 1. The van der Waals surface area contributed by atoms with E-state index in [2.05, 4.69) is 9.97 Å². The van der Waals surface area contributed by atoms with E-state index in [9.17, 15) is 9.59 Å². The molecule has 0 saturated carbocycles. The molecule has 24 heavy (non-hydrogen) atoms. The maximum Gasteiger partial charge on any atom is 0.410 e. The molecule has 2 aliphatic rings. The fraction of sp³-hybridized carbons (Fsp3) is 0.625. The summed E-state index contributed by atoms with van der Waals surface area (Å²) in [5.41, 5.74) is 0.0898. The van der Waals surface area contributed by atoms with E-state index in [1.807, 2.05) is 20.8 Å². The lowest BCUT2D eigenvalue weighted by Gasteiger charge is -2.38. The second-order valence-corrected chi connectivity index (χ2v) is 7.62. The van der Waals surface area contributed by atoms with E-state index >= 15 is 0 Å². The van der Waals surface area contributed by atoms with Crippen LogP contribution in [-0.2, 0) is 14.9 Å². The van der Waals surface area contributed by atoms with Crippen molar-refractivity contribution in [1.29, 1.82) is 0 Å². The molecule has 1 aromatic heterocycles. The molecule has 1 fully saturated rings. The molecular formula is C16H21ClN4O3. The fourth-order valence-electron chi connectivity index (χ4n) is 3.33. The summed E-state index contributed by atoms with van der Waals surface area (Å²) < 4.78 is 5.41. The molecule has 1 spiro atoms. The van der Waals surface area contributed by atoms with Gasteiger partial charge in [-0.05, 0) is 45.2 Å². The molecule has 0 N–H and O–H groups in total. The number of rotatable bonds is 0. The van der Waals surface area contributed by atoms with Crippen molar-refractivity contribution >= 4 is 29.3 Å². The monoisotopic (exact) mass is 352 g/mol. The van der Waals surface area contributed by atoms with Crippen LogP contribution in [0.1, 0.15) is 39.3 Å². The van der Waals surface area contributed by atoms with Crippen LogP contribution in [0.25, 0.3) is 0 Å². The lowest BCUT2D eigenvalue weighted by Crippen LogP contribution is -2.50. The first-order valence-electron chi connectivity index (χ1n) is 7.93. The van der Waals surface area contributed by atoms with Gasteiger partial charge >= 0.3 is 6.09 Å². The topological polar surface area (TPSA) is 75.6 Å². The molecule has 0 bridgehead atoms. The van der Waals surface area contributed by atoms with Gasteiger partial charge in [0.1, 0.15) is 5.60 Å². The number of aromatic nitrogens is 2. The zero-order valence-electron chi connectivity index (χ0n) is 14.3. The average Bonchev–Trinajstić information content (AvgIpc) is 2.69. The number of fused-ring (bicyclic) bond motifs is 2. The minimum absolute atomic E-state index is 0.0158. The molecule has 3 rings (SSSR count). The van der Waals surface area contributed by atoms with Gasteiger partial charge in [0.15, 0.2) is 0 Å². The summed E-state index contributed by atoms with van der Waals surface area (Å²) >= 11 is 5.94. The fourth-order valence-corrected chi connectivity index (χ4v) is 3.46. The Hall–Kier alpha value is -1.89. The summed E-state index contributed by atoms with van der Waals surface area (Å²) in [7, 11) is 1.72. The van der Waals surface area contributed by atoms with Crippen LogP contribution in [-0.4, -0.2) is 52.6 Å². The first-order chi connectivity index (χ1) is 11.1. The summed E-state index contributed by atoms with van der Waals surface area (Å²) in [5, 5.41) is 0.130. The number of ether oxygens (including phenoxy) is 1. The highest BCUT2D eigenvalue weighted by molar-refractivity contribution is 6.28. The lowest BCUT2D eigenvalue weighted by molar-refractivity contribution is -0.124. The standard InChI is InChI=1S/C16H21ClN4O3/c1-15(2,3)24-14(23)21-7-5-16(6-8-21)11-10(20(4)12(16)22)9-18-13(17)19-11/h9H,5-8H2,1-4H3. The predicted molar refractivity (Wildman–Crippen MR) is 89.2 cm³/mol. The number of likely N-dealkylation sites (tertiary alicyclic amines) is 1. The summed E-state index contributed by atoms with van der Waals surface area (Å²) in [6, 6.07) is 0. The molecule has 130 valence electrons.